The zero-order valence-corrected chi connectivity index (χ0v) is 14.2. The van der Waals surface area contributed by atoms with Crippen molar-refractivity contribution in [2.75, 3.05) is 26.3 Å². The molecule has 1 aliphatic heterocycles. The topological polar surface area (TPSA) is 99.4 Å². The predicted molar refractivity (Wildman–Crippen MR) is 93.0 cm³/mol. The largest absolute Gasteiger partial charge is 0.508 e. The normalized spacial score (nSPS) is 16.3. The number of aromatic hydroxyl groups is 2. The minimum atomic E-state index is -3.52. The smallest absolute Gasteiger partial charge is 0.243 e. The van der Waals surface area contributed by atoms with Crippen molar-refractivity contribution in [3.63, 3.8) is 0 Å². The van der Waals surface area contributed by atoms with E-state index < -0.39 is 10.0 Å². The van der Waals surface area contributed by atoms with Gasteiger partial charge in [-0.1, -0.05) is 0 Å². The molecule has 8 heteroatoms. The Morgan fingerprint density at radius 2 is 1.72 bits per heavy atom. The van der Waals surface area contributed by atoms with Gasteiger partial charge in [-0.2, -0.15) is 4.31 Å². The number of aliphatic imine (C=N–C) groups is 1. The average molecular weight is 362 g/mol. The van der Waals surface area contributed by atoms with E-state index >= 15 is 0 Å². The Morgan fingerprint density at radius 3 is 2.36 bits per heavy atom. The van der Waals surface area contributed by atoms with Crippen LogP contribution in [0.3, 0.4) is 0 Å². The molecule has 0 amide bonds. The summed E-state index contributed by atoms with van der Waals surface area (Å²) in [5, 5.41) is 19.0. The van der Waals surface area contributed by atoms with E-state index in [1.807, 2.05) is 0 Å². The maximum absolute atomic E-state index is 12.5. The van der Waals surface area contributed by atoms with Gasteiger partial charge in [-0.15, -0.1) is 0 Å². The number of benzene rings is 2. The maximum atomic E-state index is 12.5. The van der Waals surface area contributed by atoms with Crippen LogP contribution in [0.25, 0.3) is 0 Å². The first-order valence-electron chi connectivity index (χ1n) is 7.71. The molecule has 3 rings (SSSR count). The standard InChI is InChI=1S/C17H18N2O5S/c20-15-4-1-13(17(21)11-15)12-18-14-2-5-16(6-3-14)25(22,23)19-7-9-24-10-8-19/h1-6,11-12,20-21H,7-10H2. The Morgan fingerprint density at radius 1 is 1.04 bits per heavy atom. The van der Waals surface area contributed by atoms with Crippen molar-refractivity contribution in [3.8, 4) is 11.5 Å². The molecular weight excluding hydrogens is 344 g/mol. The summed E-state index contributed by atoms with van der Waals surface area (Å²) in [6.07, 6.45) is 1.44. The summed E-state index contributed by atoms with van der Waals surface area (Å²) in [6.45, 7) is 1.50. The first-order valence-corrected chi connectivity index (χ1v) is 9.15. The quantitative estimate of drug-likeness (QED) is 0.809. The van der Waals surface area contributed by atoms with Crippen LogP contribution in [0.4, 0.5) is 5.69 Å². The minimum Gasteiger partial charge on any atom is -0.508 e. The van der Waals surface area contributed by atoms with Gasteiger partial charge >= 0.3 is 0 Å². The number of phenolic OH excluding ortho intramolecular Hbond substituents is 2. The van der Waals surface area contributed by atoms with Gasteiger partial charge in [0.15, 0.2) is 0 Å². The Kier molecular flexibility index (Phi) is 5.03. The molecule has 0 radical (unpaired) electrons. The van der Waals surface area contributed by atoms with Crippen LogP contribution in [0.5, 0.6) is 11.5 Å². The molecule has 0 bridgehead atoms. The second-order valence-corrected chi connectivity index (χ2v) is 7.45. The van der Waals surface area contributed by atoms with E-state index in [0.717, 1.165) is 0 Å². The van der Waals surface area contributed by atoms with E-state index in [-0.39, 0.29) is 16.4 Å². The van der Waals surface area contributed by atoms with Crippen LogP contribution >= 0.6 is 0 Å². The van der Waals surface area contributed by atoms with Gasteiger partial charge in [-0.25, -0.2) is 8.42 Å². The molecule has 0 aliphatic carbocycles. The van der Waals surface area contributed by atoms with Gasteiger partial charge < -0.3 is 14.9 Å². The molecular formula is C17H18N2O5S. The van der Waals surface area contributed by atoms with E-state index in [2.05, 4.69) is 4.99 Å². The lowest BCUT2D eigenvalue weighted by Crippen LogP contribution is -2.40. The summed E-state index contributed by atoms with van der Waals surface area (Å²) in [5.41, 5.74) is 0.996. The van der Waals surface area contributed by atoms with Crippen LogP contribution in [0.15, 0.2) is 52.4 Å². The third-order valence-electron chi connectivity index (χ3n) is 3.81. The number of ether oxygens (including phenoxy) is 1. The average Bonchev–Trinajstić information content (AvgIpc) is 2.62. The molecule has 132 valence electrons. The number of phenols is 2. The van der Waals surface area contributed by atoms with Gasteiger partial charge in [0, 0.05) is 30.9 Å². The van der Waals surface area contributed by atoms with Crippen molar-refractivity contribution in [3.05, 3.63) is 48.0 Å². The number of nitrogens with zero attached hydrogens (tertiary/aromatic N) is 2. The summed E-state index contributed by atoms with van der Waals surface area (Å²) >= 11 is 0. The molecule has 2 aromatic carbocycles. The van der Waals surface area contributed by atoms with Gasteiger partial charge in [0.1, 0.15) is 11.5 Å². The van der Waals surface area contributed by atoms with Crippen LogP contribution < -0.4 is 0 Å². The molecule has 0 unspecified atom stereocenters. The molecule has 1 aliphatic rings. The number of rotatable bonds is 4. The van der Waals surface area contributed by atoms with Gasteiger partial charge in [-0.05, 0) is 36.4 Å². The number of hydrogen-bond donors (Lipinski definition) is 2. The van der Waals surface area contributed by atoms with Crippen LogP contribution in [0.1, 0.15) is 5.56 Å². The first kappa shape index (κ1) is 17.4. The lowest BCUT2D eigenvalue weighted by atomic mass is 10.2. The number of hydrogen-bond acceptors (Lipinski definition) is 6. The monoisotopic (exact) mass is 362 g/mol. The highest BCUT2D eigenvalue weighted by molar-refractivity contribution is 7.89. The van der Waals surface area contributed by atoms with Crippen LogP contribution in [0, 0.1) is 0 Å². The molecule has 1 heterocycles. The summed E-state index contributed by atoms with van der Waals surface area (Å²) in [6, 6.07) is 10.4. The second-order valence-electron chi connectivity index (χ2n) is 5.51. The van der Waals surface area contributed by atoms with E-state index in [1.165, 1.54) is 40.9 Å². The molecule has 0 saturated carbocycles. The summed E-state index contributed by atoms with van der Waals surface area (Å²) in [5.74, 6) is -0.123. The zero-order chi connectivity index (χ0) is 17.9. The van der Waals surface area contributed by atoms with Crippen LogP contribution in [-0.4, -0.2) is 55.5 Å². The molecule has 1 fully saturated rings. The van der Waals surface area contributed by atoms with Crippen molar-refractivity contribution < 1.29 is 23.4 Å². The molecule has 0 aromatic heterocycles. The highest BCUT2D eigenvalue weighted by Crippen LogP contribution is 2.23. The Balaban J connectivity index is 1.76. The van der Waals surface area contributed by atoms with E-state index in [0.29, 0.717) is 37.6 Å². The summed E-state index contributed by atoms with van der Waals surface area (Å²) in [7, 11) is -3.52. The van der Waals surface area contributed by atoms with Crippen molar-refractivity contribution >= 4 is 21.9 Å². The lowest BCUT2D eigenvalue weighted by Gasteiger charge is -2.26. The Bertz CT molecular complexity index is 872. The number of morpholine rings is 1. The van der Waals surface area contributed by atoms with Gasteiger partial charge in [0.2, 0.25) is 10.0 Å². The van der Waals surface area contributed by atoms with Gasteiger partial charge in [0.25, 0.3) is 0 Å². The maximum Gasteiger partial charge on any atom is 0.243 e. The fourth-order valence-electron chi connectivity index (χ4n) is 2.43. The summed E-state index contributed by atoms with van der Waals surface area (Å²) in [4.78, 5) is 4.42. The first-order chi connectivity index (χ1) is 12.0. The number of sulfonamides is 1. The molecule has 25 heavy (non-hydrogen) atoms. The minimum absolute atomic E-state index is 0.0349. The highest BCUT2D eigenvalue weighted by Gasteiger charge is 2.25. The van der Waals surface area contributed by atoms with Crippen molar-refractivity contribution in [2.24, 2.45) is 4.99 Å². The lowest BCUT2D eigenvalue weighted by molar-refractivity contribution is 0.0730. The van der Waals surface area contributed by atoms with Crippen molar-refractivity contribution in [1.82, 2.24) is 4.31 Å². The fourth-order valence-corrected chi connectivity index (χ4v) is 3.83. The fraction of sp³-hybridized carbons (Fsp3) is 0.235. The Hall–Kier alpha value is -2.42. The van der Waals surface area contributed by atoms with E-state index in [9.17, 15) is 18.6 Å². The van der Waals surface area contributed by atoms with Crippen LogP contribution in [0.2, 0.25) is 0 Å². The second kappa shape index (κ2) is 7.22. The molecule has 2 aromatic rings. The van der Waals surface area contributed by atoms with Crippen molar-refractivity contribution in [1.29, 1.82) is 0 Å². The van der Waals surface area contributed by atoms with Gasteiger partial charge in [0.05, 0.1) is 23.8 Å². The van der Waals surface area contributed by atoms with Crippen molar-refractivity contribution in [2.45, 2.75) is 4.90 Å². The SMILES string of the molecule is O=S(=O)(c1ccc(N=Cc2ccc(O)cc2O)cc1)N1CCOCC1. The zero-order valence-electron chi connectivity index (χ0n) is 13.4. The Labute approximate surface area is 145 Å². The predicted octanol–water partition coefficient (Wildman–Crippen LogP) is 1.87. The van der Waals surface area contributed by atoms with E-state index in [4.69, 9.17) is 4.74 Å². The van der Waals surface area contributed by atoms with Gasteiger partial charge in [-0.3, -0.25) is 4.99 Å². The molecule has 0 atom stereocenters. The highest BCUT2D eigenvalue weighted by atomic mass is 32.2. The molecule has 0 spiro atoms. The van der Waals surface area contributed by atoms with E-state index in [1.54, 1.807) is 12.1 Å². The van der Waals surface area contributed by atoms with Crippen LogP contribution in [-0.2, 0) is 14.8 Å². The molecule has 2 N–H and O–H groups in total. The molecule has 1 saturated heterocycles. The third-order valence-corrected chi connectivity index (χ3v) is 5.72. The third kappa shape index (κ3) is 3.98. The molecule has 7 nitrogen and oxygen atoms in total. The summed E-state index contributed by atoms with van der Waals surface area (Å²) < 4.78 is 31.6.